The first-order valence-electron chi connectivity index (χ1n) is 15.0. The number of Topliss-reactive ketones (excluding diaryl/α,β-unsaturated/α-hetero) is 2. The summed E-state index contributed by atoms with van der Waals surface area (Å²) >= 11 is 0. The molecule has 0 unspecified atom stereocenters. The maximum absolute atomic E-state index is 14.2. The molecule has 0 saturated heterocycles. The summed E-state index contributed by atoms with van der Waals surface area (Å²) in [4.78, 5) is 52.9. The molecule has 46 heavy (non-hydrogen) atoms. The van der Waals surface area contributed by atoms with Gasteiger partial charge in [0.1, 0.15) is 22.8 Å². The number of ketones is 2. The lowest BCUT2D eigenvalue weighted by molar-refractivity contribution is -0.153. The van der Waals surface area contributed by atoms with Gasteiger partial charge in [0, 0.05) is 30.1 Å². The summed E-state index contributed by atoms with van der Waals surface area (Å²) < 4.78 is 4.73. The van der Waals surface area contributed by atoms with E-state index in [1.54, 1.807) is 38.4 Å². The van der Waals surface area contributed by atoms with Crippen molar-refractivity contribution >= 4 is 29.2 Å². The Balaban J connectivity index is 1.55. The predicted octanol–water partition coefficient (Wildman–Crippen LogP) is 2.16. The lowest BCUT2D eigenvalue weighted by atomic mass is 9.57. The second kappa shape index (κ2) is 12.0. The number of benzene rings is 2. The first-order valence-corrected chi connectivity index (χ1v) is 15.0. The molecule has 3 aliphatic carbocycles. The number of nitrogens with two attached hydrogens (primary N) is 1. The number of aliphatic hydroxyl groups is 3. The molecule has 0 bridgehead atoms. The highest BCUT2D eigenvalue weighted by Gasteiger charge is 2.64. The molecular weight excluding hydrogens is 594 g/mol. The molecule has 1 fully saturated rings. The monoisotopic (exact) mass is 633 g/mol. The van der Waals surface area contributed by atoms with Crippen molar-refractivity contribution in [1.82, 2.24) is 10.2 Å². The highest BCUT2D eigenvalue weighted by molar-refractivity contribution is 6.24. The highest BCUT2D eigenvalue weighted by atomic mass is 16.5. The van der Waals surface area contributed by atoms with Gasteiger partial charge in [-0.05, 0) is 67.6 Å². The van der Waals surface area contributed by atoms with Crippen LogP contribution in [-0.4, -0.2) is 81.6 Å². The third-order valence-corrected chi connectivity index (χ3v) is 9.48. The fourth-order valence-corrected chi connectivity index (χ4v) is 7.27. The summed E-state index contributed by atoms with van der Waals surface area (Å²) in [6.45, 7) is 4.55. The van der Waals surface area contributed by atoms with Gasteiger partial charge in [0.15, 0.2) is 11.4 Å². The van der Waals surface area contributed by atoms with Crippen LogP contribution in [0.15, 0.2) is 47.2 Å². The lowest BCUT2D eigenvalue weighted by Gasteiger charge is -2.50. The number of ether oxygens (including phenoxy) is 1. The molecule has 0 spiro atoms. The maximum atomic E-state index is 14.2. The van der Waals surface area contributed by atoms with Gasteiger partial charge in [-0.25, -0.2) is 4.79 Å². The van der Waals surface area contributed by atoms with Crippen LogP contribution in [0.1, 0.15) is 64.4 Å². The number of phenols is 1. The van der Waals surface area contributed by atoms with Crippen molar-refractivity contribution in [1.29, 1.82) is 0 Å². The van der Waals surface area contributed by atoms with E-state index in [1.165, 1.54) is 12.0 Å². The van der Waals surface area contributed by atoms with Gasteiger partial charge in [-0.15, -0.1) is 0 Å². The minimum atomic E-state index is -2.69. The zero-order valence-electron chi connectivity index (χ0n) is 26.4. The van der Waals surface area contributed by atoms with Crippen molar-refractivity contribution in [3.05, 3.63) is 80.6 Å². The average molecular weight is 634 g/mol. The number of phenolic OH excluding ortho intramolecular Hbond substituents is 1. The van der Waals surface area contributed by atoms with Crippen molar-refractivity contribution in [2.24, 2.45) is 17.6 Å². The van der Waals surface area contributed by atoms with Crippen molar-refractivity contribution in [2.75, 3.05) is 21.2 Å². The smallest absolute Gasteiger partial charge is 0.337 e. The van der Waals surface area contributed by atoms with Gasteiger partial charge in [0.05, 0.1) is 24.3 Å². The van der Waals surface area contributed by atoms with E-state index < -0.39 is 64.0 Å². The fraction of sp³-hybridized carbons (Fsp3) is 0.412. The van der Waals surface area contributed by atoms with E-state index in [0.717, 1.165) is 11.1 Å². The number of hydrogen-bond donors (Lipinski definition) is 6. The zero-order valence-corrected chi connectivity index (χ0v) is 26.4. The van der Waals surface area contributed by atoms with Crippen molar-refractivity contribution < 1.29 is 44.3 Å². The van der Waals surface area contributed by atoms with Gasteiger partial charge in [0.25, 0.3) is 5.91 Å². The number of carbonyl (C=O) groups excluding carboxylic acids is 4. The van der Waals surface area contributed by atoms with Crippen LogP contribution in [0.4, 0.5) is 0 Å². The largest absolute Gasteiger partial charge is 0.508 e. The van der Waals surface area contributed by atoms with Crippen LogP contribution < -0.4 is 11.1 Å². The Labute approximate surface area is 266 Å². The fourth-order valence-electron chi connectivity index (χ4n) is 7.27. The van der Waals surface area contributed by atoms with Gasteiger partial charge in [-0.1, -0.05) is 32.0 Å². The van der Waals surface area contributed by atoms with Gasteiger partial charge in [-0.2, -0.15) is 0 Å². The lowest BCUT2D eigenvalue weighted by Crippen LogP contribution is -2.65. The van der Waals surface area contributed by atoms with E-state index in [-0.39, 0.29) is 42.2 Å². The average Bonchev–Trinajstić information content (AvgIpc) is 2.99. The van der Waals surface area contributed by atoms with Gasteiger partial charge in [0.2, 0.25) is 5.78 Å². The number of carbonyl (C=O) groups is 4. The summed E-state index contributed by atoms with van der Waals surface area (Å²) in [5.41, 5.74) is 5.02. The van der Waals surface area contributed by atoms with E-state index in [2.05, 4.69) is 5.32 Å². The number of esters is 1. The number of nitrogens with one attached hydrogen (secondary N) is 1. The topological polar surface area (TPSA) is 200 Å². The molecule has 12 nitrogen and oxygen atoms in total. The molecule has 0 radical (unpaired) electrons. The summed E-state index contributed by atoms with van der Waals surface area (Å²) in [6, 6.07) is 7.59. The number of primary amides is 1. The SMILES string of the molecule is COC(=O)c1ccc(CNCc2cc(C(C)C)c3c(c2O)C(O)=C2C(=O)[C@]4(O)C(O)=C(C(N)=O)C(=O)[C@H](N(C)C)[C@@H]4C[C@@H]2C3)cc1. The van der Waals surface area contributed by atoms with Crippen LogP contribution in [0.2, 0.25) is 0 Å². The van der Waals surface area contributed by atoms with Crippen LogP contribution in [0.25, 0.3) is 5.76 Å². The number of aromatic hydroxyl groups is 1. The summed E-state index contributed by atoms with van der Waals surface area (Å²) in [5, 5.41) is 49.3. The van der Waals surface area contributed by atoms with E-state index in [1.807, 2.05) is 19.9 Å². The normalized spacial score (nSPS) is 24.2. The Morgan fingerprint density at radius 1 is 1.11 bits per heavy atom. The summed E-state index contributed by atoms with van der Waals surface area (Å²) in [7, 11) is 4.44. The molecule has 0 aliphatic heterocycles. The molecule has 0 heterocycles. The number of likely N-dealkylation sites (N-methyl/N-ethyl adjacent to an activating group) is 1. The van der Waals surface area contributed by atoms with Crippen LogP contribution in [-0.2, 0) is 38.6 Å². The van der Waals surface area contributed by atoms with Gasteiger partial charge >= 0.3 is 5.97 Å². The quantitative estimate of drug-likeness (QED) is 0.184. The molecule has 4 atom stereocenters. The highest BCUT2D eigenvalue weighted by Crippen LogP contribution is 2.53. The Hall–Kier alpha value is -4.52. The standard InChI is InChI=1S/C34H39N3O9/c1-15(2)20-11-19(14-36-13-16-6-8-17(9-7-16)33(44)46-5)27(38)24-21(20)10-18-12-22-26(37(3)4)29(40)25(32(35)43)31(42)34(22,45)30(41)23(18)28(24)39/h6-9,11,15,18,22,26,36,38-39,42,45H,10,12-14H2,1-5H3,(H2,35,43)/t18-,22-,26+,34-/m0/s1. The molecule has 2 aromatic carbocycles. The molecule has 0 aromatic heterocycles. The van der Waals surface area contributed by atoms with Crippen molar-refractivity contribution in [3.8, 4) is 5.75 Å². The number of rotatable bonds is 8. The molecule has 5 rings (SSSR count). The molecule has 2 aromatic rings. The van der Waals surface area contributed by atoms with E-state index >= 15 is 0 Å². The number of amides is 1. The molecule has 1 amide bonds. The second-order valence-corrected chi connectivity index (χ2v) is 12.7. The number of hydrogen-bond acceptors (Lipinski definition) is 11. The number of fused-ring (bicyclic) bond motifs is 3. The minimum Gasteiger partial charge on any atom is -0.508 e. The van der Waals surface area contributed by atoms with Crippen LogP contribution >= 0.6 is 0 Å². The summed E-state index contributed by atoms with van der Waals surface area (Å²) in [5.74, 6) is -7.22. The first kappa shape index (κ1) is 32.9. The van der Waals surface area contributed by atoms with Gasteiger partial charge in [-0.3, -0.25) is 19.3 Å². The second-order valence-electron chi connectivity index (χ2n) is 12.7. The third kappa shape index (κ3) is 5.06. The van der Waals surface area contributed by atoms with Crippen LogP contribution in [0, 0.1) is 11.8 Å². The van der Waals surface area contributed by atoms with Crippen LogP contribution in [0.5, 0.6) is 5.75 Å². The number of methoxy groups -OCH3 is 1. The van der Waals surface area contributed by atoms with Crippen molar-refractivity contribution in [3.63, 3.8) is 0 Å². The Bertz CT molecular complexity index is 1710. The molecule has 7 N–H and O–H groups in total. The molecule has 244 valence electrons. The molecule has 1 saturated carbocycles. The maximum Gasteiger partial charge on any atom is 0.337 e. The minimum absolute atomic E-state index is 0.0274. The molecule has 12 heteroatoms. The Morgan fingerprint density at radius 2 is 1.76 bits per heavy atom. The Kier molecular flexibility index (Phi) is 8.58. The Morgan fingerprint density at radius 3 is 2.33 bits per heavy atom. The van der Waals surface area contributed by atoms with Crippen LogP contribution in [0.3, 0.4) is 0 Å². The zero-order chi connectivity index (χ0) is 33.8. The molecule has 3 aliphatic rings. The van der Waals surface area contributed by atoms with E-state index in [0.29, 0.717) is 23.2 Å². The third-order valence-electron chi connectivity index (χ3n) is 9.48. The van der Waals surface area contributed by atoms with E-state index in [4.69, 9.17) is 10.5 Å². The number of aliphatic hydroxyl groups excluding tert-OH is 2. The van der Waals surface area contributed by atoms with Crippen molar-refractivity contribution in [2.45, 2.75) is 57.3 Å². The van der Waals surface area contributed by atoms with E-state index in [9.17, 15) is 39.6 Å². The predicted molar refractivity (Wildman–Crippen MR) is 167 cm³/mol. The summed E-state index contributed by atoms with van der Waals surface area (Å²) in [6.07, 6.45) is 0.262. The molecular formula is C34H39N3O9. The van der Waals surface area contributed by atoms with Gasteiger partial charge < -0.3 is 36.2 Å². The first-order chi connectivity index (χ1) is 21.6. The number of nitrogens with zero attached hydrogens (tertiary/aromatic N) is 1.